The van der Waals surface area contributed by atoms with Crippen LogP contribution in [0.3, 0.4) is 0 Å². The zero-order chi connectivity index (χ0) is 23.6. The second kappa shape index (κ2) is 9.46. The molecule has 0 spiro atoms. The average Bonchev–Trinajstić information content (AvgIpc) is 2.99. The number of aryl methyl sites for hydroxylation is 1. The van der Waals surface area contributed by atoms with Crippen LogP contribution in [0.5, 0.6) is 11.5 Å². The van der Waals surface area contributed by atoms with Crippen LogP contribution in [0.25, 0.3) is 0 Å². The molecule has 1 aliphatic heterocycles. The Kier molecular flexibility index (Phi) is 6.63. The fourth-order valence-electron chi connectivity index (χ4n) is 4.74. The number of aromatic hydroxyl groups is 1. The van der Waals surface area contributed by atoms with E-state index in [1.54, 1.807) is 17.0 Å². The fraction of sp³-hybridized carbons (Fsp3) is 0.481. The molecule has 1 saturated heterocycles. The van der Waals surface area contributed by atoms with Gasteiger partial charge in [-0.15, -0.1) is 0 Å². The van der Waals surface area contributed by atoms with E-state index >= 15 is 0 Å². The molecule has 1 aliphatic carbocycles. The van der Waals surface area contributed by atoms with Crippen molar-refractivity contribution in [1.29, 1.82) is 0 Å². The van der Waals surface area contributed by atoms with Gasteiger partial charge in [0.25, 0.3) is 0 Å². The van der Waals surface area contributed by atoms with E-state index in [4.69, 9.17) is 9.47 Å². The second-order valence-corrected chi connectivity index (χ2v) is 10.1. The van der Waals surface area contributed by atoms with Crippen LogP contribution in [0, 0.1) is 5.92 Å². The molecule has 0 radical (unpaired) electrons. The van der Waals surface area contributed by atoms with Crippen molar-refractivity contribution in [3.8, 4) is 11.5 Å². The average molecular weight is 452 g/mol. The van der Waals surface area contributed by atoms with E-state index in [0.717, 1.165) is 36.0 Å². The predicted octanol–water partition coefficient (Wildman–Crippen LogP) is 5.33. The van der Waals surface area contributed by atoms with Crippen molar-refractivity contribution in [3.63, 3.8) is 0 Å². The fourth-order valence-corrected chi connectivity index (χ4v) is 4.74. The molecular formula is C27H33NO5. The first kappa shape index (κ1) is 23.1. The summed E-state index contributed by atoms with van der Waals surface area (Å²) >= 11 is 0. The Bertz CT molecular complexity index is 1010. The number of hydrogen-bond donors (Lipinski definition) is 1. The topological polar surface area (TPSA) is 76.1 Å². The number of fused-ring (bicyclic) bond motifs is 1. The molecule has 1 fully saturated rings. The molecule has 0 bridgehead atoms. The summed E-state index contributed by atoms with van der Waals surface area (Å²) in [7, 11) is 0. The smallest absolute Gasteiger partial charge is 0.410 e. The minimum absolute atomic E-state index is 0.172. The maximum Gasteiger partial charge on any atom is 0.410 e. The van der Waals surface area contributed by atoms with E-state index < -0.39 is 5.60 Å². The largest absolute Gasteiger partial charge is 0.508 e. The number of phenols is 1. The molecule has 176 valence electrons. The molecular weight excluding hydrogens is 418 g/mol. The molecule has 2 atom stereocenters. The number of ketones is 1. The number of carbonyl (C=O) groups excluding carboxylic acids is 2. The first-order valence-corrected chi connectivity index (χ1v) is 11.8. The van der Waals surface area contributed by atoms with Crippen LogP contribution in [0.1, 0.15) is 67.4 Å². The highest BCUT2D eigenvalue weighted by molar-refractivity contribution is 6.00. The molecule has 1 amide bonds. The summed E-state index contributed by atoms with van der Waals surface area (Å²) in [6, 6.07) is 13.1. The Morgan fingerprint density at radius 1 is 1.06 bits per heavy atom. The van der Waals surface area contributed by atoms with Crippen LogP contribution >= 0.6 is 0 Å². The molecule has 1 N–H and O–H groups in total. The highest BCUT2D eigenvalue weighted by Crippen LogP contribution is 2.35. The number of hydrogen-bond acceptors (Lipinski definition) is 5. The number of nitrogens with zero attached hydrogens (tertiary/aromatic N) is 1. The van der Waals surface area contributed by atoms with Gasteiger partial charge < -0.3 is 19.5 Å². The first-order valence-electron chi connectivity index (χ1n) is 11.8. The van der Waals surface area contributed by atoms with Crippen LogP contribution in [-0.4, -0.2) is 47.2 Å². The van der Waals surface area contributed by atoms with Crippen molar-refractivity contribution in [2.24, 2.45) is 5.92 Å². The van der Waals surface area contributed by atoms with Crippen LogP contribution < -0.4 is 4.74 Å². The monoisotopic (exact) mass is 451 g/mol. The summed E-state index contributed by atoms with van der Waals surface area (Å²) in [6.07, 6.45) is 2.64. The van der Waals surface area contributed by atoms with Gasteiger partial charge in [0.2, 0.25) is 0 Å². The maximum absolute atomic E-state index is 12.7. The Balaban J connectivity index is 1.50. The van der Waals surface area contributed by atoms with Gasteiger partial charge in [-0.3, -0.25) is 4.79 Å². The van der Waals surface area contributed by atoms with Gasteiger partial charge in [-0.1, -0.05) is 18.2 Å². The Hall–Kier alpha value is -3.02. The highest BCUT2D eigenvalue weighted by atomic mass is 16.6. The number of carbonyl (C=O) groups is 2. The number of amides is 1. The first-order chi connectivity index (χ1) is 15.7. The Morgan fingerprint density at radius 2 is 1.79 bits per heavy atom. The zero-order valence-corrected chi connectivity index (χ0v) is 19.7. The van der Waals surface area contributed by atoms with Gasteiger partial charge in [0, 0.05) is 31.0 Å². The van der Waals surface area contributed by atoms with E-state index in [9.17, 15) is 14.7 Å². The van der Waals surface area contributed by atoms with Crippen LogP contribution in [0.4, 0.5) is 4.79 Å². The number of phenolic OH excluding ortho intramolecular Hbond substituents is 1. The lowest BCUT2D eigenvalue weighted by Gasteiger charge is -2.26. The summed E-state index contributed by atoms with van der Waals surface area (Å²) < 4.78 is 11.8. The van der Waals surface area contributed by atoms with Gasteiger partial charge in [-0.2, -0.15) is 0 Å². The normalized spacial score (nSPS) is 20.8. The third kappa shape index (κ3) is 5.67. The van der Waals surface area contributed by atoms with Gasteiger partial charge >= 0.3 is 6.09 Å². The zero-order valence-electron chi connectivity index (χ0n) is 19.7. The molecule has 2 aliphatic rings. The molecule has 0 saturated carbocycles. The summed E-state index contributed by atoms with van der Waals surface area (Å²) in [4.78, 5) is 26.6. The van der Waals surface area contributed by atoms with Crippen molar-refractivity contribution >= 4 is 11.9 Å². The molecule has 1 heterocycles. The van der Waals surface area contributed by atoms with Crippen molar-refractivity contribution in [1.82, 2.24) is 4.90 Å². The lowest BCUT2D eigenvalue weighted by Crippen LogP contribution is -2.37. The molecule has 4 rings (SSSR count). The van der Waals surface area contributed by atoms with Gasteiger partial charge in [0.1, 0.15) is 17.1 Å². The van der Waals surface area contributed by atoms with E-state index in [-0.39, 0.29) is 29.5 Å². The molecule has 2 aromatic carbocycles. The van der Waals surface area contributed by atoms with E-state index in [0.29, 0.717) is 31.9 Å². The minimum atomic E-state index is -0.534. The third-order valence-corrected chi connectivity index (χ3v) is 6.49. The van der Waals surface area contributed by atoms with E-state index in [1.165, 1.54) is 0 Å². The Morgan fingerprint density at radius 3 is 2.52 bits per heavy atom. The number of ether oxygens (including phenoxy) is 2. The van der Waals surface area contributed by atoms with Gasteiger partial charge in [0.05, 0.1) is 6.61 Å². The standard InChI is InChI=1S/C27H33NO5/c1-27(2,3)33-26(31)28-14-12-20(23(13-15-28)18-4-8-21(29)9-5-18)17-32-22-10-6-19-7-11-25(30)24(19)16-22/h4-6,8-10,16,20,23,29H,7,11-15,17H2,1-3H3/t20-,23-/m0/s1. The quantitative estimate of drug-likeness (QED) is 0.680. The molecule has 33 heavy (non-hydrogen) atoms. The van der Waals surface area contributed by atoms with E-state index in [1.807, 2.05) is 51.1 Å². The molecule has 0 aromatic heterocycles. The van der Waals surface area contributed by atoms with Crippen LogP contribution in [-0.2, 0) is 11.2 Å². The summed E-state index contributed by atoms with van der Waals surface area (Å²) in [5.74, 6) is 1.47. The van der Waals surface area contributed by atoms with Crippen molar-refractivity contribution in [3.05, 3.63) is 59.2 Å². The minimum Gasteiger partial charge on any atom is -0.508 e. The van der Waals surface area contributed by atoms with Gasteiger partial charge in [-0.05, 0) is 81.3 Å². The molecule has 2 aromatic rings. The van der Waals surface area contributed by atoms with Crippen LogP contribution in [0.15, 0.2) is 42.5 Å². The van der Waals surface area contributed by atoms with Crippen molar-refractivity contribution in [2.45, 2.75) is 58.0 Å². The third-order valence-electron chi connectivity index (χ3n) is 6.49. The molecule has 0 unspecified atom stereocenters. The summed E-state index contributed by atoms with van der Waals surface area (Å²) in [5, 5.41) is 9.73. The SMILES string of the molecule is CC(C)(C)OC(=O)N1CC[C@@H](COc2ccc3c(c2)C(=O)CC3)[C@H](c2ccc(O)cc2)CC1. The number of rotatable bonds is 4. The summed E-state index contributed by atoms with van der Waals surface area (Å²) in [5.41, 5.74) is 2.46. The van der Waals surface area contributed by atoms with Crippen molar-refractivity contribution < 1.29 is 24.2 Å². The van der Waals surface area contributed by atoms with Gasteiger partial charge in [0.15, 0.2) is 5.78 Å². The van der Waals surface area contributed by atoms with Crippen LogP contribution in [0.2, 0.25) is 0 Å². The van der Waals surface area contributed by atoms with Crippen molar-refractivity contribution in [2.75, 3.05) is 19.7 Å². The number of Topliss-reactive ketones (excluding diaryl/α,β-unsaturated/α-hetero) is 1. The van der Waals surface area contributed by atoms with Gasteiger partial charge in [-0.25, -0.2) is 4.79 Å². The maximum atomic E-state index is 12.7. The Labute approximate surface area is 195 Å². The predicted molar refractivity (Wildman–Crippen MR) is 126 cm³/mol. The lowest BCUT2D eigenvalue weighted by molar-refractivity contribution is 0.0253. The molecule has 6 heteroatoms. The van der Waals surface area contributed by atoms with E-state index in [2.05, 4.69) is 0 Å². The highest BCUT2D eigenvalue weighted by Gasteiger charge is 2.32. The number of benzene rings is 2. The number of likely N-dealkylation sites (tertiary alicyclic amines) is 1. The molecule has 6 nitrogen and oxygen atoms in total. The summed E-state index contributed by atoms with van der Waals surface area (Å²) in [6.45, 7) is 7.31. The lowest BCUT2D eigenvalue weighted by atomic mass is 9.83. The second-order valence-electron chi connectivity index (χ2n) is 10.1.